The van der Waals surface area contributed by atoms with Crippen LogP contribution in [0.1, 0.15) is 61.0 Å². The molecule has 5 nitrogen and oxygen atoms in total. The molecule has 0 bridgehead atoms. The lowest BCUT2D eigenvalue weighted by Gasteiger charge is -2.23. The Morgan fingerprint density at radius 3 is 2.37 bits per heavy atom. The number of hydrogen-bond donors (Lipinski definition) is 1. The summed E-state index contributed by atoms with van der Waals surface area (Å²) in [5.41, 5.74) is 3.05. The first-order valence-electron chi connectivity index (χ1n) is 10.7. The normalized spacial score (nSPS) is 12.4. The monoisotopic (exact) mass is 430 g/mol. The Hall–Kier alpha value is -2.34. The van der Waals surface area contributed by atoms with Crippen molar-refractivity contribution in [2.75, 3.05) is 17.1 Å². The van der Waals surface area contributed by atoms with Gasteiger partial charge in [-0.05, 0) is 54.7 Å². The number of aryl methyl sites for hydroxylation is 1. The lowest BCUT2D eigenvalue weighted by molar-refractivity contribution is 0.0946. The SMILES string of the molecule is CCCC[C@H](CC)CNC(=O)c1ccc(CN(c2cccc(C)c2)S(C)(=O)=O)cc1. The van der Waals surface area contributed by atoms with Crippen LogP contribution in [0, 0.1) is 12.8 Å². The molecule has 1 amide bonds. The van der Waals surface area contributed by atoms with Crippen LogP contribution in [-0.4, -0.2) is 27.1 Å². The lowest BCUT2D eigenvalue weighted by atomic mass is 9.99. The molecule has 0 fully saturated rings. The fourth-order valence-corrected chi connectivity index (χ4v) is 4.27. The Balaban J connectivity index is 2.06. The number of benzene rings is 2. The van der Waals surface area contributed by atoms with Crippen molar-refractivity contribution >= 4 is 21.6 Å². The van der Waals surface area contributed by atoms with Gasteiger partial charge in [0.2, 0.25) is 10.0 Å². The van der Waals surface area contributed by atoms with Crippen LogP contribution in [0.25, 0.3) is 0 Å². The first-order valence-corrected chi connectivity index (χ1v) is 12.5. The molecule has 6 heteroatoms. The van der Waals surface area contributed by atoms with Crippen molar-refractivity contribution in [2.24, 2.45) is 5.92 Å². The molecule has 0 heterocycles. The van der Waals surface area contributed by atoms with Crippen LogP contribution in [0.15, 0.2) is 48.5 Å². The van der Waals surface area contributed by atoms with E-state index in [1.165, 1.54) is 23.4 Å². The molecule has 30 heavy (non-hydrogen) atoms. The summed E-state index contributed by atoms with van der Waals surface area (Å²) >= 11 is 0. The Kier molecular flexibility index (Phi) is 8.90. The molecule has 0 unspecified atom stereocenters. The third-order valence-corrected chi connectivity index (χ3v) is 6.47. The van der Waals surface area contributed by atoms with Gasteiger partial charge in [0.25, 0.3) is 5.91 Å². The molecule has 0 spiro atoms. The van der Waals surface area contributed by atoms with E-state index in [4.69, 9.17) is 0 Å². The number of anilines is 1. The summed E-state index contributed by atoms with van der Waals surface area (Å²) in [5, 5.41) is 3.03. The highest BCUT2D eigenvalue weighted by molar-refractivity contribution is 7.92. The van der Waals surface area contributed by atoms with Crippen LogP contribution in [0.2, 0.25) is 0 Å². The molecule has 0 saturated carbocycles. The van der Waals surface area contributed by atoms with Crippen LogP contribution in [0.3, 0.4) is 0 Å². The van der Waals surface area contributed by atoms with Gasteiger partial charge in [0, 0.05) is 12.1 Å². The predicted octanol–water partition coefficient (Wildman–Crippen LogP) is 4.91. The Bertz CT molecular complexity index is 924. The zero-order valence-electron chi connectivity index (χ0n) is 18.5. The first kappa shape index (κ1) is 23.9. The average molecular weight is 431 g/mol. The van der Waals surface area contributed by atoms with Gasteiger partial charge in [0.05, 0.1) is 18.5 Å². The van der Waals surface area contributed by atoms with Crippen LogP contribution in [-0.2, 0) is 16.6 Å². The van der Waals surface area contributed by atoms with Crippen LogP contribution in [0.4, 0.5) is 5.69 Å². The molecule has 2 rings (SSSR count). The van der Waals surface area contributed by atoms with E-state index in [2.05, 4.69) is 19.2 Å². The Labute approximate surface area is 181 Å². The maximum atomic E-state index is 12.5. The van der Waals surface area contributed by atoms with Crippen LogP contribution >= 0.6 is 0 Å². The fourth-order valence-electron chi connectivity index (χ4n) is 3.39. The highest BCUT2D eigenvalue weighted by Crippen LogP contribution is 2.22. The summed E-state index contributed by atoms with van der Waals surface area (Å²) < 4.78 is 26.1. The Morgan fingerprint density at radius 2 is 1.80 bits per heavy atom. The van der Waals surface area contributed by atoms with Gasteiger partial charge in [-0.1, -0.05) is 57.4 Å². The van der Waals surface area contributed by atoms with E-state index in [0.717, 1.165) is 24.0 Å². The molecule has 1 atom stereocenters. The minimum Gasteiger partial charge on any atom is -0.352 e. The van der Waals surface area contributed by atoms with Crippen LogP contribution in [0.5, 0.6) is 0 Å². The summed E-state index contributed by atoms with van der Waals surface area (Å²) in [7, 11) is -3.43. The summed E-state index contributed by atoms with van der Waals surface area (Å²) in [5.74, 6) is 0.418. The number of amides is 1. The molecule has 0 aliphatic carbocycles. The second kappa shape index (κ2) is 11.2. The maximum Gasteiger partial charge on any atom is 0.251 e. The van der Waals surface area contributed by atoms with Gasteiger partial charge >= 0.3 is 0 Å². The minimum absolute atomic E-state index is 0.0878. The highest BCUT2D eigenvalue weighted by atomic mass is 32.2. The quantitative estimate of drug-likeness (QED) is 0.551. The van der Waals surface area contributed by atoms with Crippen molar-refractivity contribution in [3.8, 4) is 0 Å². The maximum absolute atomic E-state index is 12.5. The molecule has 0 saturated heterocycles. The standard InChI is InChI=1S/C24H34N2O3S/c1-5-7-10-20(6-2)17-25-24(27)22-14-12-21(13-15-22)18-26(30(4,28)29)23-11-8-9-19(3)16-23/h8-9,11-16,20H,5-7,10,17-18H2,1-4H3,(H,25,27)/t20-/m0/s1. The van der Waals surface area contributed by atoms with Gasteiger partial charge in [-0.3, -0.25) is 9.10 Å². The molecule has 0 radical (unpaired) electrons. The van der Waals surface area contributed by atoms with Gasteiger partial charge in [0.1, 0.15) is 0 Å². The number of rotatable bonds is 11. The summed E-state index contributed by atoms with van der Waals surface area (Å²) in [4.78, 5) is 12.5. The number of nitrogens with one attached hydrogen (secondary N) is 1. The van der Waals surface area contributed by atoms with Gasteiger partial charge < -0.3 is 5.32 Å². The van der Waals surface area contributed by atoms with Crippen molar-refractivity contribution in [2.45, 2.75) is 53.0 Å². The first-order chi connectivity index (χ1) is 14.2. The number of carbonyl (C=O) groups is 1. The van der Waals surface area contributed by atoms with Gasteiger partial charge in [0.15, 0.2) is 0 Å². The number of sulfonamides is 1. The molecular formula is C24H34N2O3S. The number of nitrogens with zero attached hydrogens (tertiary/aromatic N) is 1. The summed E-state index contributed by atoms with van der Waals surface area (Å²) in [6.45, 7) is 7.17. The topological polar surface area (TPSA) is 66.5 Å². The lowest BCUT2D eigenvalue weighted by Crippen LogP contribution is -2.30. The second-order valence-electron chi connectivity index (χ2n) is 7.93. The fraction of sp³-hybridized carbons (Fsp3) is 0.458. The van der Waals surface area contributed by atoms with E-state index < -0.39 is 10.0 Å². The predicted molar refractivity (Wildman–Crippen MR) is 124 cm³/mol. The van der Waals surface area contributed by atoms with E-state index in [1.54, 1.807) is 18.2 Å². The van der Waals surface area contributed by atoms with E-state index in [-0.39, 0.29) is 12.5 Å². The molecule has 2 aromatic carbocycles. The van der Waals surface area contributed by atoms with E-state index in [1.807, 2.05) is 37.3 Å². The summed E-state index contributed by atoms with van der Waals surface area (Å²) in [6.07, 6.45) is 5.74. The number of hydrogen-bond acceptors (Lipinski definition) is 3. The van der Waals surface area contributed by atoms with E-state index >= 15 is 0 Å². The number of unbranched alkanes of at least 4 members (excludes halogenated alkanes) is 1. The molecule has 0 aromatic heterocycles. The molecule has 0 aliphatic rings. The molecule has 0 aliphatic heterocycles. The van der Waals surface area contributed by atoms with Crippen molar-refractivity contribution in [3.05, 3.63) is 65.2 Å². The van der Waals surface area contributed by atoms with Crippen LogP contribution < -0.4 is 9.62 Å². The van der Waals surface area contributed by atoms with Gasteiger partial charge in [-0.15, -0.1) is 0 Å². The highest BCUT2D eigenvalue weighted by Gasteiger charge is 2.18. The summed E-state index contributed by atoms with van der Waals surface area (Å²) in [6, 6.07) is 14.6. The van der Waals surface area contributed by atoms with E-state index in [9.17, 15) is 13.2 Å². The largest absolute Gasteiger partial charge is 0.352 e. The smallest absolute Gasteiger partial charge is 0.251 e. The molecule has 2 aromatic rings. The molecule has 1 N–H and O–H groups in total. The van der Waals surface area contributed by atoms with Crippen molar-refractivity contribution in [3.63, 3.8) is 0 Å². The second-order valence-corrected chi connectivity index (χ2v) is 9.84. The number of carbonyl (C=O) groups excluding carboxylic acids is 1. The third-order valence-electron chi connectivity index (χ3n) is 5.33. The third kappa shape index (κ3) is 7.17. The van der Waals surface area contributed by atoms with E-state index in [0.29, 0.717) is 23.7 Å². The minimum atomic E-state index is -3.43. The molecule has 164 valence electrons. The van der Waals surface area contributed by atoms with Crippen molar-refractivity contribution in [1.82, 2.24) is 5.32 Å². The average Bonchev–Trinajstić information content (AvgIpc) is 2.71. The Morgan fingerprint density at radius 1 is 1.10 bits per heavy atom. The van der Waals surface area contributed by atoms with Crippen molar-refractivity contribution in [1.29, 1.82) is 0 Å². The zero-order chi connectivity index (χ0) is 22.1. The van der Waals surface area contributed by atoms with Crippen molar-refractivity contribution < 1.29 is 13.2 Å². The van der Waals surface area contributed by atoms with Gasteiger partial charge in [-0.25, -0.2) is 8.42 Å². The van der Waals surface area contributed by atoms with Gasteiger partial charge in [-0.2, -0.15) is 0 Å². The molecular weight excluding hydrogens is 396 g/mol. The zero-order valence-corrected chi connectivity index (χ0v) is 19.3.